The van der Waals surface area contributed by atoms with E-state index in [2.05, 4.69) is 0 Å². The summed E-state index contributed by atoms with van der Waals surface area (Å²) in [7, 11) is 0. The van der Waals surface area contributed by atoms with Crippen molar-refractivity contribution in [1.29, 1.82) is 0 Å². The summed E-state index contributed by atoms with van der Waals surface area (Å²) < 4.78 is 17.7. The molecule has 1 aromatic rings. The molecule has 0 bridgehead atoms. The van der Waals surface area contributed by atoms with E-state index in [4.69, 9.17) is 21.4 Å². The highest BCUT2D eigenvalue weighted by Gasteiger charge is 2.53. The van der Waals surface area contributed by atoms with Crippen LogP contribution in [0.4, 0.5) is 4.39 Å². The summed E-state index contributed by atoms with van der Waals surface area (Å²) in [5.41, 5.74) is -1.48. The van der Waals surface area contributed by atoms with Crippen LogP contribution in [0.1, 0.15) is 10.4 Å². The third-order valence-electron chi connectivity index (χ3n) is 2.72. The summed E-state index contributed by atoms with van der Waals surface area (Å²) in [5.74, 6) is -2.51. The number of hydrogen-bond acceptors (Lipinski definition) is 3. The molecule has 0 unspecified atom stereocenters. The predicted molar refractivity (Wildman–Crippen MR) is 56.6 cm³/mol. The Morgan fingerprint density at radius 1 is 1.41 bits per heavy atom. The van der Waals surface area contributed by atoms with Gasteiger partial charge in [0.15, 0.2) is 11.2 Å². The van der Waals surface area contributed by atoms with Gasteiger partial charge in [-0.05, 0) is 18.2 Å². The zero-order valence-corrected chi connectivity index (χ0v) is 9.33. The van der Waals surface area contributed by atoms with Crippen molar-refractivity contribution in [1.82, 2.24) is 0 Å². The van der Waals surface area contributed by atoms with Crippen LogP contribution in [-0.4, -0.2) is 30.1 Å². The average Bonchev–Trinajstić information content (AvgIpc) is 2.19. The number of carbonyl (C=O) groups excluding carboxylic acids is 1. The normalized spacial score (nSPS) is 17.3. The number of aliphatic carboxylic acids is 1. The highest BCUT2D eigenvalue weighted by Crippen LogP contribution is 2.33. The lowest BCUT2D eigenvalue weighted by Gasteiger charge is -2.35. The Labute approximate surface area is 101 Å². The first-order valence-corrected chi connectivity index (χ1v) is 5.16. The Morgan fingerprint density at radius 2 is 2.06 bits per heavy atom. The van der Waals surface area contributed by atoms with E-state index in [0.29, 0.717) is 0 Å². The molecule has 1 N–H and O–H groups in total. The van der Waals surface area contributed by atoms with Crippen LogP contribution in [0.5, 0.6) is 0 Å². The minimum Gasteiger partial charge on any atom is -0.480 e. The molecule has 1 fully saturated rings. The van der Waals surface area contributed by atoms with Crippen LogP contribution < -0.4 is 0 Å². The standard InChI is InChI=1S/C11H8ClFO4/c12-7-3-6(1-2-8(7)13)9(14)11(10(15)16)4-17-5-11/h1-3H,4-5H2,(H,15,16). The van der Waals surface area contributed by atoms with E-state index in [1.54, 1.807) is 0 Å². The van der Waals surface area contributed by atoms with Crippen molar-refractivity contribution < 1.29 is 23.8 Å². The molecule has 0 aromatic heterocycles. The molecule has 1 saturated heterocycles. The molecule has 0 amide bonds. The average molecular weight is 259 g/mol. The lowest BCUT2D eigenvalue weighted by Crippen LogP contribution is -2.54. The van der Waals surface area contributed by atoms with E-state index in [-0.39, 0.29) is 23.8 Å². The number of halogens is 2. The highest BCUT2D eigenvalue weighted by molar-refractivity contribution is 6.31. The van der Waals surface area contributed by atoms with Crippen LogP contribution in [0, 0.1) is 11.2 Å². The van der Waals surface area contributed by atoms with E-state index in [9.17, 15) is 14.0 Å². The fourth-order valence-corrected chi connectivity index (χ4v) is 1.75. The fourth-order valence-electron chi connectivity index (χ4n) is 1.57. The summed E-state index contributed by atoms with van der Waals surface area (Å²) >= 11 is 5.54. The monoisotopic (exact) mass is 258 g/mol. The van der Waals surface area contributed by atoms with Gasteiger partial charge in [0.05, 0.1) is 18.2 Å². The second-order valence-corrected chi connectivity index (χ2v) is 4.25. The smallest absolute Gasteiger partial charge is 0.322 e. The maximum absolute atomic E-state index is 12.9. The van der Waals surface area contributed by atoms with E-state index in [0.717, 1.165) is 12.1 Å². The minimum atomic E-state index is -1.55. The van der Waals surface area contributed by atoms with Gasteiger partial charge < -0.3 is 9.84 Å². The Morgan fingerprint density at radius 3 is 2.47 bits per heavy atom. The zero-order chi connectivity index (χ0) is 12.6. The number of carboxylic acid groups (broad SMARTS) is 1. The van der Waals surface area contributed by atoms with Gasteiger partial charge in [0.25, 0.3) is 0 Å². The molecule has 0 atom stereocenters. The first kappa shape index (κ1) is 12.0. The van der Waals surface area contributed by atoms with Crippen LogP contribution in [0.15, 0.2) is 18.2 Å². The van der Waals surface area contributed by atoms with E-state index in [1.165, 1.54) is 6.07 Å². The van der Waals surface area contributed by atoms with Gasteiger partial charge in [-0.1, -0.05) is 11.6 Å². The summed E-state index contributed by atoms with van der Waals surface area (Å²) in [5, 5.41) is 8.82. The highest BCUT2D eigenvalue weighted by atomic mass is 35.5. The molecule has 0 saturated carbocycles. The van der Waals surface area contributed by atoms with Crippen molar-refractivity contribution in [3.63, 3.8) is 0 Å². The lowest BCUT2D eigenvalue weighted by molar-refractivity contribution is -0.168. The number of carbonyl (C=O) groups is 2. The molecule has 0 spiro atoms. The number of carboxylic acids is 1. The Hall–Kier alpha value is -1.46. The third-order valence-corrected chi connectivity index (χ3v) is 3.01. The van der Waals surface area contributed by atoms with Gasteiger partial charge in [0, 0.05) is 5.56 Å². The number of benzene rings is 1. The molecule has 4 nitrogen and oxygen atoms in total. The maximum atomic E-state index is 12.9. The van der Waals surface area contributed by atoms with Crippen LogP contribution in [-0.2, 0) is 9.53 Å². The summed E-state index contributed by atoms with van der Waals surface area (Å²) in [6.07, 6.45) is 0. The molecular formula is C11H8ClFO4. The van der Waals surface area contributed by atoms with Crippen molar-refractivity contribution in [2.45, 2.75) is 0 Å². The van der Waals surface area contributed by atoms with Gasteiger partial charge >= 0.3 is 5.97 Å². The number of Topliss-reactive ketones (excluding diaryl/α,β-unsaturated/α-hetero) is 1. The number of ether oxygens (including phenoxy) is 1. The molecule has 90 valence electrons. The van der Waals surface area contributed by atoms with Gasteiger partial charge in [-0.25, -0.2) is 4.39 Å². The van der Waals surface area contributed by atoms with Crippen molar-refractivity contribution in [3.8, 4) is 0 Å². The first-order valence-electron chi connectivity index (χ1n) is 4.78. The Bertz CT molecular complexity index is 496. The molecule has 0 radical (unpaired) electrons. The van der Waals surface area contributed by atoms with Crippen LogP contribution in [0.3, 0.4) is 0 Å². The molecule has 17 heavy (non-hydrogen) atoms. The summed E-state index contributed by atoms with van der Waals surface area (Å²) in [6, 6.07) is 3.37. The lowest BCUT2D eigenvalue weighted by atomic mass is 9.78. The van der Waals surface area contributed by atoms with Crippen LogP contribution in [0.2, 0.25) is 5.02 Å². The van der Waals surface area contributed by atoms with Gasteiger partial charge in [-0.3, -0.25) is 9.59 Å². The second kappa shape index (κ2) is 4.09. The van der Waals surface area contributed by atoms with Crippen molar-refractivity contribution >= 4 is 23.4 Å². The summed E-state index contributed by atoms with van der Waals surface area (Å²) in [4.78, 5) is 23.1. The topological polar surface area (TPSA) is 63.6 Å². The third kappa shape index (κ3) is 1.81. The van der Waals surface area contributed by atoms with Crippen molar-refractivity contribution in [2.75, 3.05) is 13.2 Å². The molecule has 1 heterocycles. The molecule has 1 aliphatic heterocycles. The number of hydrogen-bond donors (Lipinski definition) is 1. The number of rotatable bonds is 3. The van der Waals surface area contributed by atoms with E-state index < -0.39 is 23.0 Å². The SMILES string of the molecule is O=C(O)C1(C(=O)c2ccc(F)c(Cl)c2)COC1. The Balaban J connectivity index is 2.36. The fraction of sp³-hybridized carbons (Fsp3) is 0.273. The van der Waals surface area contributed by atoms with Gasteiger partial charge in [-0.15, -0.1) is 0 Å². The number of ketones is 1. The van der Waals surface area contributed by atoms with Gasteiger partial charge in [0.1, 0.15) is 5.82 Å². The molecule has 0 aliphatic carbocycles. The van der Waals surface area contributed by atoms with Crippen LogP contribution >= 0.6 is 11.6 Å². The molecule has 6 heteroatoms. The first-order chi connectivity index (χ1) is 7.97. The van der Waals surface area contributed by atoms with Gasteiger partial charge in [0.2, 0.25) is 0 Å². The summed E-state index contributed by atoms with van der Waals surface area (Å²) in [6.45, 7) is -0.341. The van der Waals surface area contributed by atoms with Gasteiger partial charge in [-0.2, -0.15) is 0 Å². The maximum Gasteiger partial charge on any atom is 0.322 e. The van der Waals surface area contributed by atoms with Crippen LogP contribution in [0.25, 0.3) is 0 Å². The zero-order valence-electron chi connectivity index (χ0n) is 8.57. The second-order valence-electron chi connectivity index (χ2n) is 3.84. The van der Waals surface area contributed by atoms with Crippen molar-refractivity contribution in [2.24, 2.45) is 5.41 Å². The molecule has 1 aromatic carbocycles. The van der Waals surface area contributed by atoms with E-state index >= 15 is 0 Å². The molecule has 1 aliphatic rings. The Kier molecular flexibility index (Phi) is 2.89. The molecule has 2 rings (SSSR count). The quantitative estimate of drug-likeness (QED) is 0.663. The largest absolute Gasteiger partial charge is 0.480 e. The van der Waals surface area contributed by atoms with Crippen molar-refractivity contribution in [3.05, 3.63) is 34.6 Å². The van der Waals surface area contributed by atoms with E-state index in [1.807, 2.05) is 0 Å². The molecular weight excluding hydrogens is 251 g/mol. The predicted octanol–water partition coefficient (Wildman–Crippen LogP) is 1.76. The minimum absolute atomic E-state index is 0.0714.